The summed E-state index contributed by atoms with van der Waals surface area (Å²) in [6.45, 7) is 10.1. The molecule has 2 fully saturated rings. The predicted octanol–water partition coefficient (Wildman–Crippen LogP) is 3.09. The molecular weight excluding hydrogens is 529 g/mol. The molecule has 3 aliphatic heterocycles. The van der Waals surface area contributed by atoms with Crippen LogP contribution in [0.2, 0.25) is 0 Å². The monoisotopic (exact) mass is 569 g/mol. The number of aromatic nitrogens is 1. The van der Waals surface area contributed by atoms with Crippen molar-refractivity contribution in [3.8, 4) is 5.88 Å². The Labute approximate surface area is 240 Å². The molecule has 0 bridgehead atoms. The Morgan fingerprint density at radius 2 is 1.83 bits per heavy atom. The maximum Gasteiger partial charge on any atom is 0.407 e. The van der Waals surface area contributed by atoms with Gasteiger partial charge in [0.1, 0.15) is 18.1 Å². The highest BCUT2D eigenvalue weighted by Gasteiger charge is 2.39. The number of morpholine rings is 1. The molecule has 2 saturated heterocycles. The summed E-state index contributed by atoms with van der Waals surface area (Å²) >= 11 is 0. The van der Waals surface area contributed by atoms with Gasteiger partial charge in [-0.1, -0.05) is 19.1 Å². The van der Waals surface area contributed by atoms with Gasteiger partial charge in [0.2, 0.25) is 11.8 Å². The molecule has 4 atom stereocenters. The van der Waals surface area contributed by atoms with E-state index in [2.05, 4.69) is 21.7 Å². The number of carbonyl (C=O) groups excluding carboxylic acids is 1. The van der Waals surface area contributed by atoms with E-state index in [9.17, 15) is 19.1 Å². The van der Waals surface area contributed by atoms with Crippen molar-refractivity contribution in [3.05, 3.63) is 53.5 Å². The van der Waals surface area contributed by atoms with Gasteiger partial charge in [0.25, 0.3) is 0 Å². The number of carboxylic acid groups (broad SMARTS) is 1. The minimum absolute atomic E-state index is 0.0573. The third kappa shape index (κ3) is 6.63. The van der Waals surface area contributed by atoms with Crippen LogP contribution in [0.15, 0.2) is 36.5 Å². The van der Waals surface area contributed by atoms with Gasteiger partial charge in [-0.15, -0.1) is 0 Å². The summed E-state index contributed by atoms with van der Waals surface area (Å²) in [6, 6.07) is 8.03. The second kappa shape index (κ2) is 12.7. The van der Waals surface area contributed by atoms with Crippen LogP contribution in [0.1, 0.15) is 38.3 Å². The number of rotatable bonds is 7. The molecule has 41 heavy (non-hydrogen) atoms. The Bertz CT molecular complexity index is 1230. The molecule has 0 spiro atoms. The van der Waals surface area contributed by atoms with Crippen LogP contribution in [0.25, 0.3) is 0 Å². The number of nitrogens with zero attached hydrogens (tertiary/aromatic N) is 5. The third-order valence-electron chi connectivity index (χ3n) is 8.48. The average Bonchev–Trinajstić information content (AvgIpc) is 2.95. The van der Waals surface area contributed by atoms with Gasteiger partial charge in [-0.25, -0.2) is 14.2 Å². The fourth-order valence-electron chi connectivity index (χ4n) is 6.08. The smallest absolute Gasteiger partial charge is 0.407 e. The molecule has 1 aromatic heterocycles. The van der Waals surface area contributed by atoms with Crippen molar-refractivity contribution < 1.29 is 28.6 Å². The molecule has 0 radical (unpaired) electrons. The summed E-state index contributed by atoms with van der Waals surface area (Å²) in [6.07, 6.45) is 2.07. The van der Waals surface area contributed by atoms with Gasteiger partial charge >= 0.3 is 6.09 Å². The van der Waals surface area contributed by atoms with Gasteiger partial charge in [0.05, 0.1) is 25.8 Å². The number of benzene rings is 1. The molecule has 3 aliphatic rings. The zero-order valence-corrected chi connectivity index (χ0v) is 24.0. The summed E-state index contributed by atoms with van der Waals surface area (Å²) in [5.74, 6) is 0.0833. The average molecular weight is 570 g/mol. The number of amides is 2. The molecule has 1 aromatic carbocycles. The number of ether oxygens (including phenoxy) is 2. The lowest BCUT2D eigenvalue weighted by atomic mass is 10.0. The second-order valence-electron chi connectivity index (χ2n) is 11.4. The highest BCUT2D eigenvalue weighted by Crippen LogP contribution is 2.35. The standard InChI is InChI=1S/C30H40FN5O5/c1-4-25-19-41-29-27(12-23(13-32-29)11-22-5-7-24(31)8-6-22)36(25)28(37)17-34-14-20(2)35(30(38)39)16-26(34)15-33-9-10-40-18-21(33)3/h5-8,12-13,20-21,25-26H,4,9-11,14-19H2,1-3H3,(H,38,39)/t20-,21-,25+,26+/m1/s1. The van der Waals surface area contributed by atoms with Crippen LogP contribution in [0.3, 0.4) is 0 Å². The first kappa shape index (κ1) is 29.2. The number of carbonyl (C=O) groups is 2. The van der Waals surface area contributed by atoms with E-state index >= 15 is 0 Å². The Kier molecular flexibility index (Phi) is 9.06. The molecule has 10 nitrogen and oxygen atoms in total. The van der Waals surface area contributed by atoms with Crippen LogP contribution in [-0.2, 0) is 16.0 Å². The predicted molar refractivity (Wildman–Crippen MR) is 152 cm³/mol. The highest BCUT2D eigenvalue weighted by molar-refractivity contribution is 5.97. The lowest BCUT2D eigenvalue weighted by Gasteiger charge is -2.47. The molecule has 2 aromatic rings. The second-order valence-corrected chi connectivity index (χ2v) is 11.4. The summed E-state index contributed by atoms with van der Waals surface area (Å²) in [7, 11) is 0. The van der Waals surface area contributed by atoms with Gasteiger partial charge in [0, 0.05) is 50.5 Å². The number of halogens is 1. The maximum absolute atomic E-state index is 14.1. The fourth-order valence-corrected chi connectivity index (χ4v) is 6.08. The number of hydrogen-bond acceptors (Lipinski definition) is 7. The Morgan fingerprint density at radius 3 is 2.54 bits per heavy atom. The minimum atomic E-state index is -0.934. The number of fused-ring (bicyclic) bond motifs is 1. The van der Waals surface area contributed by atoms with Crippen molar-refractivity contribution in [1.29, 1.82) is 0 Å². The van der Waals surface area contributed by atoms with Crippen molar-refractivity contribution in [2.75, 3.05) is 57.4 Å². The molecule has 0 aliphatic carbocycles. The summed E-state index contributed by atoms with van der Waals surface area (Å²) in [5, 5.41) is 9.84. The van der Waals surface area contributed by atoms with E-state index < -0.39 is 6.09 Å². The van der Waals surface area contributed by atoms with Crippen LogP contribution >= 0.6 is 0 Å². The highest BCUT2D eigenvalue weighted by atomic mass is 19.1. The van der Waals surface area contributed by atoms with Crippen LogP contribution < -0.4 is 9.64 Å². The summed E-state index contributed by atoms with van der Waals surface area (Å²) in [5.41, 5.74) is 2.49. The molecule has 5 rings (SSSR count). The molecule has 0 saturated carbocycles. The topological polar surface area (TPSA) is 98.7 Å². The van der Waals surface area contributed by atoms with Gasteiger partial charge in [-0.3, -0.25) is 19.5 Å². The van der Waals surface area contributed by atoms with Gasteiger partial charge < -0.3 is 19.5 Å². The van der Waals surface area contributed by atoms with Crippen molar-refractivity contribution >= 4 is 17.7 Å². The lowest BCUT2D eigenvalue weighted by molar-refractivity contribution is -0.122. The van der Waals surface area contributed by atoms with E-state index in [1.54, 1.807) is 18.3 Å². The zero-order valence-electron chi connectivity index (χ0n) is 24.0. The third-order valence-corrected chi connectivity index (χ3v) is 8.48. The normalized spacial score (nSPS) is 25.5. The van der Waals surface area contributed by atoms with Gasteiger partial charge in [-0.05, 0) is 56.0 Å². The fraction of sp³-hybridized carbons (Fsp3) is 0.567. The maximum atomic E-state index is 14.1. The first-order valence-electron chi connectivity index (χ1n) is 14.5. The van der Waals surface area contributed by atoms with E-state index in [0.29, 0.717) is 63.9 Å². The van der Waals surface area contributed by atoms with Crippen molar-refractivity contribution in [2.45, 2.75) is 57.8 Å². The minimum Gasteiger partial charge on any atom is -0.474 e. The largest absolute Gasteiger partial charge is 0.474 e. The molecule has 2 amide bonds. The molecule has 1 N–H and O–H groups in total. The van der Waals surface area contributed by atoms with Crippen molar-refractivity contribution in [3.63, 3.8) is 0 Å². The SMILES string of the molecule is CC[C@H]1COc2ncc(Cc3ccc(F)cc3)cc2N1C(=O)CN1C[C@@H](C)N(C(=O)O)C[C@@H]1CN1CCOC[C@H]1C. The number of anilines is 1. The van der Waals surface area contributed by atoms with Crippen LogP contribution in [0.5, 0.6) is 5.88 Å². The van der Waals surface area contributed by atoms with Gasteiger partial charge in [-0.2, -0.15) is 0 Å². The van der Waals surface area contributed by atoms with Gasteiger partial charge in [0.15, 0.2) is 0 Å². The van der Waals surface area contributed by atoms with E-state index in [1.165, 1.54) is 17.0 Å². The summed E-state index contributed by atoms with van der Waals surface area (Å²) in [4.78, 5) is 38.4. The van der Waals surface area contributed by atoms with E-state index in [4.69, 9.17) is 9.47 Å². The molecule has 4 heterocycles. The quantitative estimate of drug-likeness (QED) is 0.544. The van der Waals surface area contributed by atoms with Crippen LogP contribution in [0.4, 0.5) is 14.9 Å². The summed E-state index contributed by atoms with van der Waals surface area (Å²) < 4.78 is 25.0. The zero-order chi connectivity index (χ0) is 29.1. The number of pyridine rings is 1. The van der Waals surface area contributed by atoms with Crippen molar-refractivity contribution in [2.24, 2.45) is 0 Å². The Balaban J connectivity index is 1.38. The van der Waals surface area contributed by atoms with E-state index in [-0.39, 0.29) is 42.4 Å². The first-order valence-corrected chi connectivity index (χ1v) is 14.5. The van der Waals surface area contributed by atoms with Crippen LogP contribution in [-0.4, -0.2) is 114 Å². The first-order chi connectivity index (χ1) is 19.7. The van der Waals surface area contributed by atoms with E-state index in [1.807, 2.05) is 24.8 Å². The molecule has 11 heteroatoms. The van der Waals surface area contributed by atoms with Crippen LogP contribution in [0, 0.1) is 5.82 Å². The lowest BCUT2D eigenvalue weighted by Crippen LogP contribution is -2.64. The van der Waals surface area contributed by atoms with Crippen molar-refractivity contribution in [1.82, 2.24) is 19.7 Å². The molecular formula is C30H40FN5O5. The Morgan fingerprint density at radius 1 is 1.05 bits per heavy atom. The number of piperazine rings is 1. The Hall–Kier alpha value is -3.28. The van der Waals surface area contributed by atoms with E-state index in [0.717, 1.165) is 17.7 Å². The molecule has 0 unspecified atom stereocenters. The number of hydrogen-bond donors (Lipinski definition) is 1. The molecule has 222 valence electrons.